The number of carbonyl (C=O) groups excluding carboxylic acids is 1. The van der Waals surface area contributed by atoms with Gasteiger partial charge in [0, 0.05) is 13.1 Å². The lowest BCUT2D eigenvalue weighted by Crippen LogP contribution is -2.50. The molecule has 1 aliphatic heterocycles. The van der Waals surface area contributed by atoms with E-state index in [1.54, 1.807) is 0 Å². The first-order chi connectivity index (χ1) is 10.2. The summed E-state index contributed by atoms with van der Waals surface area (Å²) in [5.74, 6) is -4.02. The van der Waals surface area contributed by atoms with Crippen molar-refractivity contribution in [1.29, 1.82) is 0 Å². The Morgan fingerprint density at radius 2 is 2.14 bits per heavy atom. The number of esters is 1. The third-order valence-corrected chi connectivity index (χ3v) is 5.11. The lowest BCUT2D eigenvalue weighted by atomic mass is 9.90. The third kappa shape index (κ3) is 3.21. The molecular weight excluding hydrogens is 329 g/mol. The van der Waals surface area contributed by atoms with Crippen molar-refractivity contribution in [2.45, 2.75) is 17.6 Å². The van der Waals surface area contributed by atoms with Crippen LogP contribution < -0.4 is 0 Å². The molecule has 0 aliphatic carbocycles. The van der Waals surface area contributed by atoms with Crippen LogP contribution in [-0.4, -0.2) is 60.5 Å². The zero-order valence-corrected chi connectivity index (χ0v) is 12.2. The molecule has 0 radical (unpaired) electrons. The first-order valence-electron chi connectivity index (χ1n) is 6.16. The van der Waals surface area contributed by atoms with Gasteiger partial charge in [-0.1, -0.05) is 0 Å². The summed E-state index contributed by atoms with van der Waals surface area (Å²) in [7, 11) is -3.23. The SMILES string of the molecule is COC(=O)[C@@H]1C[C@H](C(F)(F)F)CN(S(=O)(=O)c2cn[nH]n2)C1. The summed E-state index contributed by atoms with van der Waals surface area (Å²) in [4.78, 5) is 11.6. The predicted octanol–water partition coefficient (Wildman–Crippen LogP) is 0.167. The molecule has 8 nitrogen and oxygen atoms in total. The first-order valence-corrected chi connectivity index (χ1v) is 7.60. The number of H-pyrrole nitrogens is 1. The second kappa shape index (κ2) is 5.83. The number of alkyl halides is 3. The fraction of sp³-hybridized carbons (Fsp3) is 0.700. The monoisotopic (exact) mass is 342 g/mol. The van der Waals surface area contributed by atoms with E-state index in [1.165, 1.54) is 0 Å². The fourth-order valence-electron chi connectivity index (χ4n) is 2.28. The van der Waals surface area contributed by atoms with E-state index in [-0.39, 0.29) is 0 Å². The van der Waals surface area contributed by atoms with Crippen LogP contribution >= 0.6 is 0 Å². The summed E-state index contributed by atoms with van der Waals surface area (Å²) in [6, 6.07) is 0. The van der Waals surface area contributed by atoms with Gasteiger partial charge in [-0.3, -0.25) is 4.79 Å². The molecule has 1 N–H and O–H groups in total. The molecule has 0 bridgehead atoms. The Morgan fingerprint density at radius 1 is 1.45 bits per heavy atom. The summed E-state index contributed by atoms with van der Waals surface area (Å²) in [6.07, 6.45) is -4.25. The molecule has 12 heteroatoms. The van der Waals surface area contributed by atoms with Gasteiger partial charge in [0.1, 0.15) is 0 Å². The minimum Gasteiger partial charge on any atom is -0.469 e. The van der Waals surface area contributed by atoms with Gasteiger partial charge >= 0.3 is 12.1 Å². The Bertz CT molecular complexity index is 631. The lowest BCUT2D eigenvalue weighted by Gasteiger charge is -2.35. The zero-order valence-electron chi connectivity index (χ0n) is 11.4. The number of methoxy groups -OCH3 is 1. The molecule has 1 aromatic heterocycles. The summed E-state index contributed by atoms with van der Waals surface area (Å²) in [5, 5.41) is 8.28. The number of hydrogen-bond acceptors (Lipinski definition) is 6. The van der Waals surface area contributed by atoms with E-state index in [0.29, 0.717) is 4.31 Å². The Hall–Kier alpha value is -1.69. The van der Waals surface area contributed by atoms with Gasteiger partial charge in [0.2, 0.25) is 5.03 Å². The van der Waals surface area contributed by atoms with Crippen LogP contribution in [0.1, 0.15) is 6.42 Å². The van der Waals surface area contributed by atoms with E-state index >= 15 is 0 Å². The van der Waals surface area contributed by atoms with Crippen molar-refractivity contribution in [2.75, 3.05) is 20.2 Å². The molecule has 124 valence electrons. The van der Waals surface area contributed by atoms with Gasteiger partial charge in [-0.15, -0.1) is 5.10 Å². The molecule has 1 aliphatic rings. The zero-order chi connectivity index (χ0) is 16.5. The smallest absolute Gasteiger partial charge is 0.393 e. The average Bonchev–Trinajstić information content (AvgIpc) is 3.00. The quantitative estimate of drug-likeness (QED) is 0.785. The fourth-order valence-corrected chi connectivity index (χ4v) is 3.64. The molecule has 22 heavy (non-hydrogen) atoms. The summed E-state index contributed by atoms with van der Waals surface area (Å²) >= 11 is 0. The number of aromatic amines is 1. The molecule has 0 amide bonds. The minimum absolute atomic E-state index is 0.394. The van der Waals surface area contributed by atoms with E-state index in [9.17, 15) is 26.4 Å². The number of nitrogens with zero attached hydrogens (tertiary/aromatic N) is 3. The highest BCUT2D eigenvalue weighted by Gasteiger charge is 2.49. The highest BCUT2D eigenvalue weighted by atomic mass is 32.2. The molecule has 0 unspecified atom stereocenters. The van der Waals surface area contributed by atoms with Crippen molar-refractivity contribution in [3.05, 3.63) is 6.20 Å². The van der Waals surface area contributed by atoms with Gasteiger partial charge in [-0.2, -0.15) is 27.8 Å². The molecule has 1 fully saturated rings. The second-order valence-electron chi connectivity index (χ2n) is 4.82. The first kappa shape index (κ1) is 16.7. The van der Waals surface area contributed by atoms with E-state index in [4.69, 9.17) is 0 Å². The number of carbonyl (C=O) groups is 1. The number of nitrogens with one attached hydrogen (secondary N) is 1. The molecule has 1 aromatic rings. The van der Waals surface area contributed by atoms with Crippen LogP contribution in [-0.2, 0) is 19.6 Å². The van der Waals surface area contributed by atoms with Crippen LogP contribution in [0.15, 0.2) is 11.2 Å². The Morgan fingerprint density at radius 3 is 2.64 bits per heavy atom. The predicted molar refractivity (Wildman–Crippen MR) is 64.8 cm³/mol. The average molecular weight is 342 g/mol. The molecular formula is C10H13F3N4O4S. The Kier molecular flexibility index (Phi) is 4.42. The van der Waals surface area contributed by atoms with Crippen LogP contribution in [0.2, 0.25) is 0 Å². The van der Waals surface area contributed by atoms with E-state index in [1.807, 2.05) is 5.21 Å². The molecule has 2 heterocycles. The topological polar surface area (TPSA) is 105 Å². The third-order valence-electron chi connectivity index (χ3n) is 3.41. The molecule has 2 rings (SSSR count). The van der Waals surface area contributed by atoms with E-state index in [0.717, 1.165) is 13.3 Å². The molecule has 2 atom stereocenters. The number of piperidine rings is 1. The Labute approximate surface area is 123 Å². The van der Waals surface area contributed by atoms with Gasteiger partial charge < -0.3 is 4.74 Å². The molecule has 1 saturated heterocycles. The van der Waals surface area contributed by atoms with Crippen molar-refractivity contribution >= 4 is 16.0 Å². The molecule has 0 spiro atoms. The van der Waals surface area contributed by atoms with Crippen molar-refractivity contribution in [3.63, 3.8) is 0 Å². The molecule has 0 aromatic carbocycles. The molecule has 0 saturated carbocycles. The maximum Gasteiger partial charge on any atom is 0.393 e. The van der Waals surface area contributed by atoms with Gasteiger partial charge in [0.15, 0.2) is 0 Å². The van der Waals surface area contributed by atoms with Gasteiger partial charge in [0.05, 0.1) is 25.1 Å². The van der Waals surface area contributed by atoms with Crippen molar-refractivity contribution in [2.24, 2.45) is 11.8 Å². The number of halogens is 3. The van der Waals surface area contributed by atoms with Crippen molar-refractivity contribution in [3.8, 4) is 0 Å². The maximum absolute atomic E-state index is 13.0. The standard InChI is InChI=1S/C10H13F3N4O4S/c1-21-9(18)6-2-7(10(11,12)13)5-17(4-6)22(19,20)8-3-14-16-15-8/h3,6-7H,2,4-5H2,1H3,(H,14,15,16)/t6-,7+/m1/s1. The van der Waals surface area contributed by atoms with Gasteiger partial charge in [0.25, 0.3) is 10.0 Å². The van der Waals surface area contributed by atoms with Crippen LogP contribution in [0, 0.1) is 11.8 Å². The number of rotatable bonds is 3. The second-order valence-corrected chi connectivity index (χ2v) is 6.71. The number of sulfonamides is 1. The largest absolute Gasteiger partial charge is 0.469 e. The van der Waals surface area contributed by atoms with Crippen LogP contribution in [0.25, 0.3) is 0 Å². The van der Waals surface area contributed by atoms with Crippen LogP contribution in [0.5, 0.6) is 0 Å². The van der Waals surface area contributed by atoms with Crippen molar-refractivity contribution in [1.82, 2.24) is 19.7 Å². The summed E-state index contributed by atoms with van der Waals surface area (Å²) in [5.41, 5.74) is 0. The normalized spacial score (nSPS) is 24.2. The minimum atomic E-state index is -4.62. The van der Waals surface area contributed by atoms with E-state index < -0.39 is 58.5 Å². The summed E-state index contributed by atoms with van der Waals surface area (Å²) in [6.45, 7) is -1.17. The summed E-state index contributed by atoms with van der Waals surface area (Å²) < 4.78 is 68.5. The lowest BCUT2D eigenvalue weighted by molar-refractivity contribution is -0.189. The van der Waals surface area contributed by atoms with Crippen LogP contribution in [0.4, 0.5) is 13.2 Å². The van der Waals surface area contributed by atoms with Crippen LogP contribution in [0.3, 0.4) is 0 Å². The Balaban J connectivity index is 2.32. The highest BCUT2D eigenvalue weighted by molar-refractivity contribution is 7.89. The number of hydrogen-bond donors (Lipinski definition) is 1. The van der Waals surface area contributed by atoms with E-state index in [2.05, 4.69) is 14.9 Å². The maximum atomic E-state index is 13.0. The van der Waals surface area contributed by atoms with Gasteiger partial charge in [-0.25, -0.2) is 8.42 Å². The number of ether oxygens (including phenoxy) is 1. The number of aromatic nitrogens is 3. The highest BCUT2D eigenvalue weighted by Crippen LogP contribution is 2.37. The van der Waals surface area contributed by atoms with Gasteiger partial charge in [-0.05, 0) is 6.42 Å². The van der Waals surface area contributed by atoms with Crippen molar-refractivity contribution < 1.29 is 31.1 Å².